The molecular formula is C10H6Br2ClN3O2S. The van der Waals surface area contributed by atoms with Crippen molar-refractivity contribution in [1.29, 1.82) is 0 Å². The number of rotatable bonds is 3. The van der Waals surface area contributed by atoms with Crippen molar-refractivity contribution in [2.24, 2.45) is 0 Å². The number of halogens is 3. The van der Waals surface area contributed by atoms with Gasteiger partial charge in [-0.15, -0.1) is 0 Å². The molecule has 0 atom stereocenters. The van der Waals surface area contributed by atoms with E-state index in [2.05, 4.69) is 46.5 Å². The van der Waals surface area contributed by atoms with Crippen LogP contribution in [0.5, 0.6) is 0 Å². The van der Waals surface area contributed by atoms with E-state index in [9.17, 15) is 8.42 Å². The fraction of sp³-hybridized carbons (Fsp3) is 0. The minimum absolute atomic E-state index is 0.0550. The van der Waals surface area contributed by atoms with Gasteiger partial charge >= 0.3 is 0 Å². The summed E-state index contributed by atoms with van der Waals surface area (Å²) in [5.74, 6) is 0.0550. The van der Waals surface area contributed by atoms with Gasteiger partial charge in [-0.1, -0.05) is 27.5 Å². The van der Waals surface area contributed by atoms with E-state index in [1.165, 1.54) is 18.5 Å². The molecule has 100 valence electrons. The summed E-state index contributed by atoms with van der Waals surface area (Å²) in [6, 6.07) is 4.83. The van der Waals surface area contributed by atoms with Crippen molar-refractivity contribution in [3.63, 3.8) is 0 Å². The Morgan fingerprint density at radius 3 is 2.63 bits per heavy atom. The van der Waals surface area contributed by atoms with Crippen LogP contribution in [0.4, 0.5) is 5.82 Å². The molecule has 0 saturated carbocycles. The highest BCUT2D eigenvalue weighted by Gasteiger charge is 2.19. The van der Waals surface area contributed by atoms with Gasteiger partial charge in [0.1, 0.15) is 10.0 Å². The highest BCUT2D eigenvalue weighted by Crippen LogP contribution is 2.27. The molecule has 19 heavy (non-hydrogen) atoms. The molecule has 0 aliphatic carbocycles. The van der Waals surface area contributed by atoms with E-state index < -0.39 is 10.0 Å². The van der Waals surface area contributed by atoms with Gasteiger partial charge in [-0.25, -0.2) is 13.4 Å². The minimum atomic E-state index is -3.77. The van der Waals surface area contributed by atoms with Crippen LogP contribution in [0, 0.1) is 0 Å². The molecule has 2 rings (SSSR count). The van der Waals surface area contributed by atoms with E-state index in [0.29, 0.717) is 8.95 Å². The minimum Gasteiger partial charge on any atom is -0.262 e. The lowest BCUT2D eigenvalue weighted by atomic mass is 10.4. The van der Waals surface area contributed by atoms with Crippen LogP contribution in [-0.2, 0) is 10.0 Å². The average Bonchev–Trinajstić information content (AvgIpc) is 2.31. The number of hydrogen-bond donors (Lipinski definition) is 1. The molecule has 0 bridgehead atoms. The smallest absolute Gasteiger partial charge is 0.262 e. The Morgan fingerprint density at radius 2 is 1.95 bits per heavy atom. The molecule has 1 aromatic heterocycles. The number of sulfonamides is 1. The second-order valence-electron chi connectivity index (χ2n) is 3.41. The number of benzene rings is 1. The van der Waals surface area contributed by atoms with Gasteiger partial charge in [0, 0.05) is 8.95 Å². The Morgan fingerprint density at radius 1 is 1.21 bits per heavy atom. The van der Waals surface area contributed by atoms with Gasteiger partial charge in [0.2, 0.25) is 0 Å². The van der Waals surface area contributed by atoms with Crippen LogP contribution in [-0.4, -0.2) is 18.4 Å². The van der Waals surface area contributed by atoms with E-state index in [1.807, 2.05) is 0 Å². The Labute approximate surface area is 131 Å². The van der Waals surface area contributed by atoms with Crippen LogP contribution in [0.15, 0.2) is 44.4 Å². The van der Waals surface area contributed by atoms with Crippen molar-refractivity contribution in [2.45, 2.75) is 4.90 Å². The maximum Gasteiger partial charge on any atom is 0.264 e. The predicted octanol–water partition coefficient (Wildman–Crippen LogP) is 3.46. The van der Waals surface area contributed by atoms with Gasteiger partial charge in [-0.3, -0.25) is 9.71 Å². The van der Waals surface area contributed by atoms with Crippen LogP contribution >= 0.6 is 43.5 Å². The molecular weight excluding hydrogens is 421 g/mol. The molecule has 9 heteroatoms. The van der Waals surface area contributed by atoms with Crippen molar-refractivity contribution in [2.75, 3.05) is 4.72 Å². The van der Waals surface area contributed by atoms with Crippen LogP contribution < -0.4 is 4.72 Å². The first-order valence-corrected chi connectivity index (χ1v) is 8.28. The number of hydrogen-bond acceptors (Lipinski definition) is 4. The van der Waals surface area contributed by atoms with E-state index in [1.54, 1.807) is 12.1 Å². The van der Waals surface area contributed by atoms with Crippen molar-refractivity contribution < 1.29 is 8.42 Å². The Kier molecular flexibility index (Phi) is 4.44. The maximum absolute atomic E-state index is 12.2. The summed E-state index contributed by atoms with van der Waals surface area (Å²) in [5, 5.41) is 0.105. The summed E-state index contributed by atoms with van der Waals surface area (Å²) in [4.78, 5) is 7.67. The van der Waals surface area contributed by atoms with Crippen LogP contribution in [0.3, 0.4) is 0 Å². The molecule has 5 nitrogen and oxygen atoms in total. The summed E-state index contributed by atoms with van der Waals surface area (Å²) in [6.07, 6.45) is 2.59. The van der Waals surface area contributed by atoms with Gasteiger partial charge in [-0.05, 0) is 34.1 Å². The standard InChI is InChI=1S/C10H6Br2ClN3O2S/c11-6-1-2-7(12)8(3-6)19(17,18)16-10-5-14-4-9(13)15-10/h1-5H,(H,15,16). The number of anilines is 1. The van der Waals surface area contributed by atoms with Crippen LogP contribution in [0.2, 0.25) is 5.15 Å². The highest BCUT2D eigenvalue weighted by atomic mass is 79.9. The normalized spacial score (nSPS) is 11.3. The molecule has 1 heterocycles. The molecule has 0 spiro atoms. The fourth-order valence-electron chi connectivity index (χ4n) is 1.27. The number of nitrogens with zero attached hydrogens (tertiary/aromatic N) is 2. The molecule has 2 aromatic rings. The third-order valence-corrected chi connectivity index (χ3v) is 5.05. The summed E-state index contributed by atoms with van der Waals surface area (Å²) in [7, 11) is -3.77. The first kappa shape index (κ1) is 14.7. The molecule has 0 saturated heterocycles. The summed E-state index contributed by atoms with van der Waals surface area (Å²) < 4.78 is 27.8. The van der Waals surface area contributed by atoms with Crippen LogP contribution in [0.1, 0.15) is 0 Å². The highest BCUT2D eigenvalue weighted by molar-refractivity contribution is 9.11. The molecule has 0 amide bonds. The zero-order chi connectivity index (χ0) is 14.0. The largest absolute Gasteiger partial charge is 0.264 e. The molecule has 0 fully saturated rings. The molecule has 1 aromatic carbocycles. The van der Waals surface area contributed by atoms with Crippen molar-refractivity contribution in [3.05, 3.63) is 44.7 Å². The van der Waals surface area contributed by atoms with Gasteiger partial charge in [0.15, 0.2) is 5.82 Å². The third-order valence-electron chi connectivity index (χ3n) is 2.03. The molecule has 0 aliphatic rings. The fourth-order valence-corrected chi connectivity index (χ4v) is 3.90. The lowest BCUT2D eigenvalue weighted by Crippen LogP contribution is -2.14. The van der Waals surface area contributed by atoms with Gasteiger partial charge < -0.3 is 0 Å². The monoisotopic (exact) mass is 425 g/mol. The average molecular weight is 428 g/mol. The molecule has 0 aliphatic heterocycles. The van der Waals surface area contributed by atoms with Crippen molar-refractivity contribution >= 4 is 59.3 Å². The van der Waals surface area contributed by atoms with Crippen molar-refractivity contribution in [3.8, 4) is 0 Å². The molecule has 0 unspecified atom stereocenters. The number of nitrogens with one attached hydrogen (secondary N) is 1. The third kappa shape index (κ3) is 3.65. The predicted molar refractivity (Wildman–Crippen MR) is 79.7 cm³/mol. The first-order chi connectivity index (χ1) is 8.88. The number of aromatic nitrogens is 2. The molecule has 0 radical (unpaired) electrons. The lowest BCUT2D eigenvalue weighted by Gasteiger charge is -2.09. The zero-order valence-corrected chi connectivity index (χ0v) is 13.9. The first-order valence-electron chi connectivity index (χ1n) is 4.84. The summed E-state index contributed by atoms with van der Waals surface area (Å²) in [6.45, 7) is 0. The second-order valence-corrected chi connectivity index (χ2v) is 7.22. The zero-order valence-electron chi connectivity index (χ0n) is 9.14. The maximum atomic E-state index is 12.2. The summed E-state index contributed by atoms with van der Waals surface area (Å²) >= 11 is 12.1. The summed E-state index contributed by atoms with van der Waals surface area (Å²) in [5.41, 5.74) is 0. The van der Waals surface area contributed by atoms with Gasteiger partial charge in [0.25, 0.3) is 10.0 Å². The molecule has 1 N–H and O–H groups in total. The Hall–Kier alpha value is -0.700. The van der Waals surface area contributed by atoms with Gasteiger partial charge in [0.05, 0.1) is 12.4 Å². The van der Waals surface area contributed by atoms with Gasteiger partial charge in [-0.2, -0.15) is 0 Å². The second kappa shape index (κ2) is 5.74. The SMILES string of the molecule is O=S(=O)(Nc1cncc(Cl)n1)c1cc(Br)ccc1Br. The van der Waals surface area contributed by atoms with Crippen LogP contribution in [0.25, 0.3) is 0 Å². The topological polar surface area (TPSA) is 72.0 Å². The van der Waals surface area contributed by atoms with E-state index in [-0.39, 0.29) is 15.9 Å². The Bertz CT molecular complexity index is 724. The van der Waals surface area contributed by atoms with E-state index in [4.69, 9.17) is 11.6 Å². The van der Waals surface area contributed by atoms with E-state index in [0.717, 1.165) is 0 Å². The quantitative estimate of drug-likeness (QED) is 0.814. The Balaban J connectivity index is 2.40. The van der Waals surface area contributed by atoms with Crippen molar-refractivity contribution in [1.82, 2.24) is 9.97 Å². The van der Waals surface area contributed by atoms with E-state index >= 15 is 0 Å². The lowest BCUT2D eigenvalue weighted by molar-refractivity contribution is 0.600.